The molecule has 5 nitrogen and oxygen atoms in total. The van der Waals surface area contributed by atoms with E-state index in [1.807, 2.05) is 24.0 Å². The summed E-state index contributed by atoms with van der Waals surface area (Å²) in [6.45, 7) is 2.36. The molecule has 0 saturated heterocycles. The van der Waals surface area contributed by atoms with Crippen molar-refractivity contribution < 1.29 is 0 Å². The minimum absolute atomic E-state index is 0.740. The van der Waals surface area contributed by atoms with Gasteiger partial charge in [0.25, 0.3) is 0 Å². The van der Waals surface area contributed by atoms with Crippen molar-refractivity contribution in [3.8, 4) is 11.4 Å². The monoisotopic (exact) mass is 325 g/mol. The fourth-order valence-corrected chi connectivity index (χ4v) is 3.82. The van der Waals surface area contributed by atoms with E-state index < -0.39 is 0 Å². The Hall–Kier alpha value is -1.78. The lowest BCUT2D eigenvalue weighted by molar-refractivity contribution is 0.286. The summed E-state index contributed by atoms with van der Waals surface area (Å²) < 4.78 is 1.91. The third kappa shape index (κ3) is 3.50. The van der Waals surface area contributed by atoms with Crippen molar-refractivity contribution in [2.45, 2.75) is 58.3 Å². The van der Waals surface area contributed by atoms with Crippen LogP contribution in [0.2, 0.25) is 0 Å². The van der Waals surface area contributed by atoms with Gasteiger partial charge >= 0.3 is 0 Å². The largest absolute Gasteiger partial charge is 0.252 e. The van der Waals surface area contributed by atoms with E-state index in [4.69, 9.17) is 4.98 Å². The van der Waals surface area contributed by atoms with Gasteiger partial charge in [-0.2, -0.15) is 0 Å². The fourth-order valence-electron chi connectivity index (χ4n) is 3.82. The smallest absolute Gasteiger partial charge is 0.134 e. The van der Waals surface area contributed by atoms with Gasteiger partial charge in [0.05, 0.1) is 11.4 Å². The molecule has 4 rings (SSSR count). The third-order valence-electron chi connectivity index (χ3n) is 5.68. The zero-order valence-electron chi connectivity index (χ0n) is 14.8. The van der Waals surface area contributed by atoms with Gasteiger partial charge < -0.3 is 0 Å². The topological polar surface area (TPSA) is 56.5 Å². The summed E-state index contributed by atoms with van der Waals surface area (Å²) in [5.41, 5.74) is 3.10. The molecule has 24 heavy (non-hydrogen) atoms. The number of rotatable bonds is 5. The van der Waals surface area contributed by atoms with E-state index in [2.05, 4.69) is 22.2 Å². The highest BCUT2D eigenvalue weighted by Gasteiger charge is 2.26. The van der Waals surface area contributed by atoms with Crippen molar-refractivity contribution in [2.75, 3.05) is 0 Å². The van der Waals surface area contributed by atoms with Crippen LogP contribution in [0.25, 0.3) is 11.4 Å². The third-order valence-corrected chi connectivity index (χ3v) is 5.68. The minimum Gasteiger partial charge on any atom is -0.252 e. The summed E-state index contributed by atoms with van der Waals surface area (Å²) in [6, 6.07) is 1.98. The van der Waals surface area contributed by atoms with E-state index >= 15 is 0 Å². The second kappa shape index (κ2) is 6.61. The van der Waals surface area contributed by atoms with Gasteiger partial charge in [-0.3, -0.25) is 4.68 Å². The molecule has 0 spiro atoms. The van der Waals surface area contributed by atoms with Gasteiger partial charge in [-0.25, -0.2) is 9.97 Å². The first kappa shape index (κ1) is 15.7. The predicted octanol–water partition coefficient (Wildman–Crippen LogP) is 3.59. The lowest BCUT2D eigenvalue weighted by Gasteiger charge is -2.25. The van der Waals surface area contributed by atoms with Gasteiger partial charge in [0.1, 0.15) is 11.5 Å². The standard InChI is InChI=1S/C19H27N5/c1-13-3-5-15(6-4-13)12-18-20-10-9-16(21-18)19-17(11-14-7-8-14)24(2)23-22-19/h9-10,13-15H,3-8,11-12H2,1-2H3. The maximum Gasteiger partial charge on any atom is 0.134 e. The molecule has 0 atom stereocenters. The molecular formula is C19H27N5. The molecule has 2 aliphatic carbocycles. The molecule has 0 aliphatic heterocycles. The quantitative estimate of drug-likeness (QED) is 0.843. The number of aryl methyl sites for hydroxylation is 1. The van der Waals surface area contributed by atoms with Gasteiger partial charge in [-0.05, 0) is 55.9 Å². The maximum atomic E-state index is 4.83. The average Bonchev–Trinajstić information content (AvgIpc) is 3.33. The molecule has 2 aromatic rings. The number of nitrogens with zero attached hydrogens (tertiary/aromatic N) is 5. The van der Waals surface area contributed by atoms with E-state index in [1.165, 1.54) is 44.2 Å². The molecule has 0 radical (unpaired) electrons. The Morgan fingerprint density at radius 2 is 1.75 bits per heavy atom. The zero-order valence-corrected chi connectivity index (χ0v) is 14.8. The molecular weight excluding hydrogens is 298 g/mol. The highest BCUT2D eigenvalue weighted by Crippen LogP contribution is 2.35. The van der Waals surface area contributed by atoms with Crippen LogP contribution in [-0.4, -0.2) is 25.0 Å². The highest BCUT2D eigenvalue weighted by atomic mass is 15.4. The molecule has 0 unspecified atom stereocenters. The molecule has 0 N–H and O–H groups in total. The van der Waals surface area contributed by atoms with Crippen LogP contribution in [0.15, 0.2) is 12.3 Å². The summed E-state index contributed by atoms with van der Waals surface area (Å²) in [7, 11) is 1.99. The van der Waals surface area contributed by atoms with E-state index in [0.717, 1.165) is 47.8 Å². The molecule has 2 fully saturated rings. The van der Waals surface area contributed by atoms with Crippen LogP contribution >= 0.6 is 0 Å². The molecule has 2 aromatic heterocycles. The van der Waals surface area contributed by atoms with Crippen LogP contribution in [0, 0.1) is 17.8 Å². The van der Waals surface area contributed by atoms with Crippen molar-refractivity contribution in [2.24, 2.45) is 24.8 Å². The Labute approximate surface area is 143 Å². The van der Waals surface area contributed by atoms with Crippen LogP contribution in [0.3, 0.4) is 0 Å². The molecule has 0 amide bonds. The molecule has 0 aromatic carbocycles. The van der Waals surface area contributed by atoms with Crippen LogP contribution in [0.5, 0.6) is 0 Å². The Bertz CT molecular complexity index is 696. The fraction of sp³-hybridized carbons (Fsp3) is 0.684. The summed E-state index contributed by atoms with van der Waals surface area (Å²) in [4.78, 5) is 9.35. The minimum atomic E-state index is 0.740. The summed E-state index contributed by atoms with van der Waals surface area (Å²) in [6.07, 6.45) is 11.9. The van der Waals surface area contributed by atoms with Crippen LogP contribution in [0.4, 0.5) is 0 Å². The normalized spacial score (nSPS) is 24.2. The van der Waals surface area contributed by atoms with Crippen molar-refractivity contribution in [1.29, 1.82) is 0 Å². The van der Waals surface area contributed by atoms with Crippen molar-refractivity contribution in [3.63, 3.8) is 0 Å². The van der Waals surface area contributed by atoms with Crippen molar-refractivity contribution in [1.82, 2.24) is 25.0 Å². The highest BCUT2D eigenvalue weighted by molar-refractivity contribution is 5.56. The molecule has 2 saturated carbocycles. The maximum absolute atomic E-state index is 4.83. The first-order valence-corrected chi connectivity index (χ1v) is 9.40. The van der Waals surface area contributed by atoms with Gasteiger partial charge in [0.15, 0.2) is 0 Å². The van der Waals surface area contributed by atoms with Crippen LogP contribution < -0.4 is 0 Å². The molecule has 2 heterocycles. The van der Waals surface area contributed by atoms with Crippen LogP contribution in [0.1, 0.15) is 57.0 Å². The number of aromatic nitrogens is 5. The Balaban J connectivity index is 1.52. The van der Waals surface area contributed by atoms with Gasteiger partial charge in [0, 0.05) is 19.7 Å². The second-order valence-electron chi connectivity index (χ2n) is 7.84. The summed E-state index contributed by atoms with van der Waals surface area (Å²) >= 11 is 0. The van der Waals surface area contributed by atoms with E-state index in [0.29, 0.717) is 0 Å². The SMILES string of the molecule is CC1CCC(Cc2nccc(-c3nnn(C)c3CC3CC3)n2)CC1. The number of hydrogen-bond donors (Lipinski definition) is 0. The van der Waals surface area contributed by atoms with Crippen LogP contribution in [-0.2, 0) is 19.9 Å². The van der Waals surface area contributed by atoms with Gasteiger partial charge in [-0.1, -0.05) is 25.0 Å². The second-order valence-corrected chi connectivity index (χ2v) is 7.84. The first-order valence-electron chi connectivity index (χ1n) is 9.40. The van der Waals surface area contributed by atoms with Crippen molar-refractivity contribution in [3.05, 3.63) is 23.8 Å². The molecule has 0 bridgehead atoms. The van der Waals surface area contributed by atoms with E-state index in [1.54, 1.807) is 0 Å². The first-order chi connectivity index (χ1) is 11.7. The predicted molar refractivity (Wildman–Crippen MR) is 93.3 cm³/mol. The molecule has 2 aliphatic rings. The zero-order chi connectivity index (χ0) is 16.5. The van der Waals surface area contributed by atoms with Gasteiger partial charge in [0.2, 0.25) is 0 Å². The van der Waals surface area contributed by atoms with Crippen molar-refractivity contribution >= 4 is 0 Å². The molecule has 128 valence electrons. The number of hydrogen-bond acceptors (Lipinski definition) is 4. The average molecular weight is 325 g/mol. The Morgan fingerprint density at radius 3 is 2.50 bits per heavy atom. The molecule has 5 heteroatoms. The van der Waals surface area contributed by atoms with E-state index in [9.17, 15) is 0 Å². The Kier molecular flexibility index (Phi) is 4.33. The summed E-state index contributed by atoms with van der Waals surface area (Å²) in [5, 5.41) is 8.62. The Morgan fingerprint density at radius 1 is 1.04 bits per heavy atom. The lowest BCUT2D eigenvalue weighted by Crippen LogP contribution is -2.15. The summed E-state index contributed by atoms with van der Waals surface area (Å²) in [5.74, 6) is 3.41. The lowest BCUT2D eigenvalue weighted by atomic mass is 9.81. The van der Waals surface area contributed by atoms with E-state index in [-0.39, 0.29) is 0 Å². The van der Waals surface area contributed by atoms with Gasteiger partial charge in [-0.15, -0.1) is 5.10 Å².